The van der Waals surface area contributed by atoms with E-state index >= 15 is 0 Å². The molecule has 0 spiro atoms. The largest absolute Gasteiger partial charge is 0.491 e. The van der Waals surface area contributed by atoms with Gasteiger partial charge in [0.05, 0.1) is 12.7 Å². The monoisotopic (exact) mass is 223 g/mol. The SMILES string of the molecule is Cc1cc(OCCOC(C)C)c(C)cc1N. The van der Waals surface area contributed by atoms with Crippen LogP contribution in [0, 0.1) is 13.8 Å². The Labute approximate surface area is 97.6 Å². The number of nitrogen functional groups attached to an aromatic ring is 1. The van der Waals surface area contributed by atoms with Crippen LogP contribution >= 0.6 is 0 Å². The molecule has 0 aliphatic heterocycles. The number of benzene rings is 1. The van der Waals surface area contributed by atoms with Crippen molar-refractivity contribution in [1.29, 1.82) is 0 Å². The zero-order valence-corrected chi connectivity index (χ0v) is 10.5. The van der Waals surface area contributed by atoms with E-state index in [0.29, 0.717) is 13.2 Å². The molecule has 0 bridgehead atoms. The summed E-state index contributed by atoms with van der Waals surface area (Å²) >= 11 is 0. The van der Waals surface area contributed by atoms with Crippen LogP contribution in [-0.2, 0) is 4.74 Å². The zero-order chi connectivity index (χ0) is 12.1. The lowest BCUT2D eigenvalue weighted by molar-refractivity contribution is 0.0551. The van der Waals surface area contributed by atoms with Crippen molar-refractivity contribution in [3.05, 3.63) is 23.3 Å². The Bertz CT molecular complexity index is 348. The Morgan fingerprint density at radius 3 is 2.44 bits per heavy atom. The summed E-state index contributed by atoms with van der Waals surface area (Å²) in [5.74, 6) is 0.888. The first-order chi connectivity index (χ1) is 7.50. The van der Waals surface area contributed by atoms with Crippen LogP contribution in [0.15, 0.2) is 12.1 Å². The third-order valence-electron chi connectivity index (χ3n) is 2.36. The lowest BCUT2D eigenvalue weighted by atomic mass is 10.1. The molecule has 0 aliphatic rings. The highest BCUT2D eigenvalue weighted by molar-refractivity contribution is 5.53. The highest BCUT2D eigenvalue weighted by Crippen LogP contribution is 2.24. The van der Waals surface area contributed by atoms with E-state index in [9.17, 15) is 0 Å². The minimum Gasteiger partial charge on any atom is -0.491 e. The predicted octanol–water partition coefficient (Wildman–Crippen LogP) is 2.69. The summed E-state index contributed by atoms with van der Waals surface area (Å²) in [6.07, 6.45) is 0.248. The maximum absolute atomic E-state index is 5.80. The molecular formula is C13H21NO2. The number of rotatable bonds is 5. The van der Waals surface area contributed by atoms with Crippen molar-refractivity contribution in [1.82, 2.24) is 0 Å². The number of hydrogen-bond donors (Lipinski definition) is 1. The molecule has 0 aromatic heterocycles. The van der Waals surface area contributed by atoms with E-state index in [1.807, 2.05) is 39.8 Å². The molecule has 0 atom stereocenters. The second-order valence-corrected chi connectivity index (χ2v) is 4.24. The summed E-state index contributed by atoms with van der Waals surface area (Å²) in [6, 6.07) is 3.91. The summed E-state index contributed by atoms with van der Waals surface area (Å²) in [7, 11) is 0. The molecular weight excluding hydrogens is 202 g/mol. The van der Waals surface area contributed by atoms with E-state index in [0.717, 1.165) is 22.6 Å². The summed E-state index contributed by atoms with van der Waals surface area (Å²) < 4.78 is 11.1. The highest BCUT2D eigenvalue weighted by Gasteiger charge is 2.03. The van der Waals surface area contributed by atoms with E-state index in [4.69, 9.17) is 15.2 Å². The van der Waals surface area contributed by atoms with Gasteiger partial charge in [-0.15, -0.1) is 0 Å². The topological polar surface area (TPSA) is 44.5 Å². The van der Waals surface area contributed by atoms with Crippen molar-refractivity contribution in [3.8, 4) is 5.75 Å². The molecule has 16 heavy (non-hydrogen) atoms. The Morgan fingerprint density at radius 2 is 1.81 bits per heavy atom. The molecule has 0 heterocycles. The first kappa shape index (κ1) is 12.8. The molecule has 0 unspecified atom stereocenters. The molecule has 0 saturated carbocycles. The van der Waals surface area contributed by atoms with Crippen LogP contribution in [0.1, 0.15) is 25.0 Å². The molecule has 0 saturated heterocycles. The molecule has 0 fully saturated rings. The molecule has 3 nitrogen and oxygen atoms in total. The van der Waals surface area contributed by atoms with Gasteiger partial charge in [0, 0.05) is 5.69 Å². The van der Waals surface area contributed by atoms with Crippen molar-refractivity contribution in [2.75, 3.05) is 18.9 Å². The van der Waals surface area contributed by atoms with Gasteiger partial charge in [0.1, 0.15) is 12.4 Å². The third-order valence-corrected chi connectivity index (χ3v) is 2.36. The van der Waals surface area contributed by atoms with Gasteiger partial charge < -0.3 is 15.2 Å². The highest BCUT2D eigenvalue weighted by atomic mass is 16.5. The number of anilines is 1. The summed E-state index contributed by atoms with van der Waals surface area (Å²) in [4.78, 5) is 0. The van der Waals surface area contributed by atoms with Gasteiger partial charge in [0.25, 0.3) is 0 Å². The molecule has 0 aliphatic carbocycles. The molecule has 2 N–H and O–H groups in total. The van der Waals surface area contributed by atoms with Crippen LogP contribution in [-0.4, -0.2) is 19.3 Å². The van der Waals surface area contributed by atoms with E-state index in [1.54, 1.807) is 0 Å². The maximum atomic E-state index is 5.80. The maximum Gasteiger partial charge on any atom is 0.122 e. The summed E-state index contributed by atoms with van der Waals surface area (Å²) in [6.45, 7) is 9.18. The lowest BCUT2D eigenvalue weighted by Gasteiger charge is -2.12. The average Bonchev–Trinajstić information content (AvgIpc) is 2.19. The average molecular weight is 223 g/mol. The number of ether oxygens (including phenoxy) is 2. The van der Waals surface area contributed by atoms with Gasteiger partial charge in [-0.3, -0.25) is 0 Å². The zero-order valence-electron chi connectivity index (χ0n) is 10.5. The van der Waals surface area contributed by atoms with Crippen molar-refractivity contribution in [2.24, 2.45) is 0 Å². The molecule has 0 radical (unpaired) electrons. The van der Waals surface area contributed by atoms with Gasteiger partial charge >= 0.3 is 0 Å². The normalized spacial score (nSPS) is 10.8. The lowest BCUT2D eigenvalue weighted by Crippen LogP contribution is -2.11. The van der Waals surface area contributed by atoms with Crippen LogP contribution in [0.3, 0.4) is 0 Å². The summed E-state index contributed by atoms with van der Waals surface area (Å²) in [5.41, 5.74) is 8.72. The van der Waals surface area contributed by atoms with Gasteiger partial charge in [-0.2, -0.15) is 0 Å². The fraction of sp³-hybridized carbons (Fsp3) is 0.538. The van der Waals surface area contributed by atoms with E-state index in [1.165, 1.54) is 0 Å². The standard InChI is InChI=1S/C13H21NO2/c1-9(2)15-5-6-16-13-8-10(3)12(14)7-11(13)4/h7-9H,5-6,14H2,1-4H3. The molecule has 1 rings (SSSR count). The minimum atomic E-state index is 0.248. The number of hydrogen-bond acceptors (Lipinski definition) is 3. The Kier molecular flexibility index (Phi) is 4.62. The van der Waals surface area contributed by atoms with Gasteiger partial charge in [0.2, 0.25) is 0 Å². The Morgan fingerprint density at radius 1 is 1.12 bits per heavy atom. The van der Waals surface area contributed by atoms with Gasteiger partial charge in [-0.1, -0.05) is 0 Å². The first-order valence-corrected chi connectivity index (χ1v) is 5.62. The Hall–Kier alpha value is -1.22. The van der Waals surface area contributed by atoms with Crippen LogP contribution in [0.5, 0.6) is 5.75 Å². The fourth-order valence-electron chi connectivity index (χ4n) is 1.40. The van der Waals surface area contributed by atoms with Crippen molar-refractivity contribution in [3.63, 3.8) is 0 Å². The first-order valence-electron chi connectivity index (χ1n) is 5.62. The van der Waals surface area contributed by atoms with Gasteiger partial charge in [0.15, 0.2) is 0 Å². The predicted molar refractivity (Wildman–Crippen MR) is 66.9 cm³/mol. The van der Waals surface area contributed by atoms with Crippen molar-refractivity contribution < 1.29 is 9.47 Å². The van der Waals surface area contributed by atoms with Gasteiger partial charge in [-0.25, -0.2) is 0 Å². The molecule has 1 aromatic carbocycles. The summed E-state index contributed by atoms with van der Waals surface area (Å²) in [5, 5.41) is 0. The second-order valence-electron chi connectivity index (χ2n) is 4.24. The number of nitrogens with two attached hydrogens (primary N) is 1. The second kappa shape index (κ2) is 5.75. The quantitative estimate of drug-likeness (QED) is 0.616. The number of aryl methyl sites for hydroxylation is 2. The molecule has 90 valence electrons. The molecule has 0 amide bonds. The van der Waals surface area contributed by atoms with E-state index < -0.39 is 0 Å². The van der Waals surface area contributed by atoms with Crippen molar-refractivity contribution >= 4 is 5.69 Å². The minimum absolute atomic E-state index is 0.248. The fourth-order valence-corrected chi connectivity index (χ4v) is 1.40. The van der Waals surface area contributed by atoms with E-state index in [-0.39, 0.29) is 6.10 Å². The van der Waals surface area contributed by atoms with Crippen molar-refractivity contribution in [2.45, 2.75) is 33.8 Å². The van der Waals surface area contributed by atoms with Crippen LogP contribution in [0.2, 0.25) is 0 Å². The van der Waals surface area contributed by atoms with Crippen LogP contribution in [0.25, 0.3) is 0 Å². The van der Waals surface area contributed by atoms with E-state index in [2.05, 4.69) is 0 Å². The van der Waals surface area contributed by atoms with Crippen LogP contribution < -0.4 is 10.5 Å². The van der Waals surface area contributed by atoms with Gasteiger partial charge in [-0.05, 0) is 51.0 Å². The molecule has 3 heteroatoms. The third kappa shape index (κ3) is 3.74. The van der Waals surface area contributed by atoms with Crippen LogP contribution in [0.4, 0.5) is 5.69 Å². The molecule has 1 aromatic rings. The Balaban J connectivity index is 2.51. The smallest absolute Gasteiger partial charge is 0.122 e.